The van der Waals surface area contributed by atoms with Gasteiger partial charge in [-0.3, -0.25) is 28.2 Å². The zero-order valence-corrected chi connectivity index (χ0v) is 34.1. The van der Waals surface area contributed by atoms with Crippen molar-refractivity contribution in [2.45, 2.75) is 48.0 Å². The molecule has 4 heterocycles. The van der Waals surface area contributed by atoms with Crippen molar-refractivity contribution in [3.8, 4) is 17.1 Å². The average molecular weight is 916 g/mol. The highest BCUT2D eigenvalue weighted by atomic mass is 35.5. The van der Waals surface area contributed by atoms with Crippen LogP contribution in [-0.4, -0.2) is 69.4 Å². The number of thiazole rings is 1. The lowest BCUT2D eigenvalue weighted by atomic mass is 10.0. The number of anilines is 1. The quantitative estimate of drug-likeness (QED) is 0.151. The Morgan fingerprint density at radius 1 is 1.03 bits per heavy atom. The summed E-state index contributed by atoms with van der Waals surface area (Å²) in [6.45, 7) is -1.04. The number of nitrogens with one attached hydrogen (secondary N) is 2. The van der Waals surface area contributed by atoms with Gasteiger partial charge in [-0.2, -0.15) is 19.0 Å². The van der Waals surface area contributed by atoms with Crippen molar-refractivity contribution in [1.82, 2.24) is 39.4 Å². The van der Waals surface area contributed by atoms with E-state index < -0.39 is 103 Å². The number of fused-ring (bicyclic) bond motifs is 4. The number of hydrogen-bond acceptors (Lipinski definition) is 11. The van der Waals surface area contributed by atoms with E-state index in [4.69, 9.17) is 11.6 Å². The molecule has 0 unspecified atom stereocenters. The molecule has 8 rings (SSSR count). The normalized spacial score (nSPS) is 17.5. The molecule has 6 aromatic rings. The Balaban J connectivity index is 1.33. The Morgan fingerprint density at radius 2 is 1.73 bits per heavy atom. The van der Waals surface area contributed by atoms with Crippen molar-refractivity contribution in [2.24, 2.45) is 13.0 Å². The zero-order chi connectivity index (χ0) is 43.4. The molecular formula is C35H28ClF6N9O6S3. The van der Waals surface area contributed by atoms with E-state index >= 15 is 8.78 Å². The van der Waals surface area contributed by atoms with Crippen molar-refractivity contribution >= 4 is 65.4 Å². The van der Waals surface area contributed by atoms with Crippen LogP contribution < -0.4 is 15.6 Å². The molecule has 0 radical (unpaired) electrons. The van der Waals surface area contributed by atoms with Gasteiger partial charge >= 0.3 is 0 Å². The molecule has 2 N–H and O–H groups in total. The molecule has 25 heteroatoms. The largest absolute Gasteiger partial charge is 0.344 e. The third-order valence-electron chi connectivity index (χ3n) is 9.92. The predicted molar refractivity (Wildman–Crippen MR) is 205 cm³/mol. The van der Waals surface area contributed by atoms with E-state index in [1.165, 1.54) is 29.2 Å². The molecule has 60 heavy (non-hydrogen) atoms. The summed E-state index contributed by atoms with van der Waals surface area (Å²) in [5, 5.41) is 11.7. The smallest absolute Gasteiger partial charge is 0.293 e. The van der Waals surface area contributed by atoms with Crippen LogP contribution in [0, 0.1) is 17.6 Å². The number of hydrogen-bond donors (Lipinski definition) is 2. The van der Waals surface area contributed by atoms with Crippen LogP contribution in [0.2, 0.25) is 5.02 Å². The number of aromatic nitrogens is 7. The lowest BCUT2D eigenvalue weighted by molar-refractivity contribution is -0.123. The minimum atomic E-state index is -3.94. The summed E-state index contributed by atoms with van der Waals surface area (Å²) in [7, 11) is -6.39. The number of carbonyl (C=O) groups excluding carboxylic acids is 1. The SMILES string of the molecule is Cn1nc(NS(C)(=O)=O)c2c(Cl)ccc(-n3c([C@H](Cc4cc(F)cc(F)c4)NC(=O)Cn4nc(C(F)F)c5c4C(F)(F)[C@@H]4C[C@H]54)nc(-c4csc(S(C)(=O)=O)n4)cc3=O)c21. The lowest BCUT2D eigenvalue weighted by Crippen LogP contribution is -2.38. The Kier molecular flexibility index (Phi) is 9.94. The van der Waals surface area contributed by atoms with Gasteiger partial charge in [0.25, 0.3) is 17.9 Å². The lowest BCUT2D eigenvalue weighted by Gasteiger charge is -2.24. The second-order valence-electron chi connectivity index (χ2n) is 14.4. The summed E-state index contributed by atoms with van der Waals surface area (Å²) in [5.41, 5.74) is -3.45. The van der Waals surface area contributed by atoms with Gasteiger partial charge in [-0.05, 0) is 42.2 Å². The summed E-state index contributed by atoms with van der Waals surface area (Å²) in [4.78, 5) is 37.2. The Bertz CT molecular complexity index is 3060. The van der Waals surface area contributed by atoms with Crippen LogP contribution in [0.15, 0.2) is 50.9 Å². The topological polar surface area (TPSA) is 193 Å². The summed E-state index contributed by atoms with van der Waals surface area (Å²) >= 11 is 7.25. The van der Waals surface area contributed by atoms with E-state index in [1.807, 2.05) is 0 Å². The molecule has 1 fully saturated rings. The van der Waals surface area contributed by atoms with Crippen molar-refractivity contribution in [1.29, 1.82) is 0 Å². The van der Waals surface area contributed by atoms with Crippen molar-refractivity contribution in [2.75, 3.05) is 17.2 Å². The predicted octanol–water partition coefficient (Wildman–Crippen LogP) is 5.39. The fourth-order valence-electron chi connectivity index (χ4n) is 7.56. The third-order valence-corrected chi connectivity index (χ3v) is 13.4. The number of amides is 1. The molecular weight excluding hydrogens is 888 g/mol. The van der Waals surface area contributed by atoms with Crippen LogP contribution in [0.5, 0.6) is 0 Å². The molecule has 2 aliphatic carbocycles. The van der Waals surface area contributed by atoms with Crippen molar-refractivity contribution in [3.63, 3.8) is 0 Å². The van der Waals surface area contributed by atoms with E-state index in [0.717, 1.165) is 35.3 Å². The number of halogens is 7. The van der Waals surface area contributed by atoms with Crippen LogP contribution >= 0.6 is 22.9 Å². The second kappa shape index (κ2) is 14.4. The number of aryl methyl sites for hydroxylation is 1. The van der Waals surface area contributed by atoms with Crippen LogP contribution in [0.3, 0.4) is 0 Å². The first kappa shape index (κ1) is 41.4. The molecule has 3 atom stereocenters. The van der Waals surface area contributed by atoms with Gasteiger partial charge in [0.2, 0.25) is 30.1 Å². The maximum Gasteiger partial charge on any atom is 0.293 e. The first-order valence-corrected chi connectivity index (χ1v) is 22.5. The average Bonchev–Trinajstić information content (AvgIpc) is 3.36. The molecule has 15 nitrogen and oxygen atoms in total. The summed E-state index contributed by atoms with van der Waals surface area (Å²) in [6.07, 6.45) is -2.05. The maximum absolute atomic E-state index is 15.4. The van der Waals surface area contributed by atoms with Gasteiger partial charge < -0.3 is 5.32 Å². The fourth-order valence-corrected chi connectivity index (χ4v) is 9.94. The minimum Gasteiger partial charge on any atom is -0.344 e. The monoisotopic (exact) mass is 915 g/mol. The molecule has 0 aliphatic heterocycles. The van der Waals surface area contributed by atoms with Gasteiger partial charge in [0, 0.05) is 48.7 Å². The van der Waals surface area contributed by atoms with Gasteiger partial charge in [0.05, 0.1) is 39.6 Å². The van der Waals surface area contributed by atoms with Crippen LogP contribution in [0.1, 0.15) is 53.1 Å². The molecule has 1 amide bonds. The highest BCUT2D eigenvalue weighted by Crippen LogP contribution is 2.68. The van der Waals surface area contributed by atoms with Gasteiger partial charge in [-0.25, -0.2) is 44.4 Å². The van der Waals surface area contributed by atoms with E-state index in [9.17, 15) is 44.0 Å². The van der Waals surface area contributed by atoms with Gasteiger partial charge in [0.15, 0.2) is 5.82 Å². The summed E-state index contributed by atoms with van der Waals surface area (Å²) in [6, 6.07) is 4.40. The third kappa shape index (κ3) is 7.42. The van der Waals surface area contributed by atoms with Crippen LogP contribution in [0.4, 0.5) is 32.2 Å². The summed E-state index contributed by atoms with van der Waals surface area (Å²) < 4.78 is 142. The Labute approximate surface area is 344 Å². The van der Waals surface area contributed by atoms with E-state index in [1.54, 1.807) is 0 Å². The number of carbonyl (C=O) groups is 1. The molecule has 0 saturated heterocycles. The number of sulfonamides is 1. The number of nitrogens with zero attached hydrogens (tertiary/aromatic N) is 7. The molecule has 1 saturated carbocycles. The fraction of sp³-hybridized carbons (Fsp3) is 0.314. The van der Waals surface area contributed by atoms with Gasteiger partial charge in [-0.1, -0.05) is 11.6 Å². The maximum atomic E-state index is 15.4. The Hall–Kier alpha value is -5.33. The van der Waals surface area contributed by atoms with E-state index in [-0.39, 0.29) is 60.7 Å². The summed E-state index contributed by atoms with van der Waals surface area (Å²) in [5.74, 6) is -9.51. The van der Waals surface area contributed by atoms with Crippen molar-refractivity contribution < 1.29 is 48.0 Å². The number of rotatable bonds is 12. The highest BCUT2D eigenvalue weighted by molar-refractivity contribution is 7.92. The molecule has 316 valence electrons. The number of sulfone groups is 1. The number of benzene rings is 2. The second-order valence-corrected chi connectivity index (χ2v) is 19.6. The van der Waals surface area contributed by atoms with E-state index in [2.05, 4.69) is 30.2 Å². The zero-order valence-electron chi connectivity index (χ0n) is 30.9. The molecule has 2 aliphatic rings. The molecule has 0 spiro atoms. The first-order chi connectivity index (χ1) is 28.0. The van der Waals surface area contributed by atoms with Crippen LogP contribution in [-0.2, 0) is 50.6 Å². The molecule has 4 aromatic heterocycles. The van der Waals surface area contributed by atoms with Gasteiger partial charge in [-0.15, -0.1) is 11.3 Å². The van der Waals surface area contributed by atoms with Gasteiger partial charge in [0.1, 0.15) is 41.1 Å². The molecule has 2 aromatic carbocycles. The minimum absolute atomic E-state index is 0.00968. The standard InChI is InChI=1S/C35H28ClF6N9O6S3/c1-49-29-23(5-4-19(36)27(29)32(47-49)48-60(3,56)57)51-25(53)11-20(22-13-58-34(45-22)59(2,54)55)44-33(51)21(8-14-6-15(37)9-16(38)7-14)43-24(52)12-50-30-26(28(46-50)31(39)40)17-10-18(17)35(30,41)42/h4-7,9,11,13,17-18,21,31H,8,10,12H2,1-3H3,(H,43,52)(H,47,48)/t17-,18+,21-/m0/s1. The number of alkyl halides is 4. The highest BCUT2D eigenvalue weighted by Gasteiger charge is 2.67. The first-order valence-electron chi connectivity index (χ1n) is 17.5. The van der Waals surface area contributed by atoms with E-state index in [0.29, 0.717) is 22.1 Å². The van der Waals surface area contributed by atoms with Crippen molar-refractivity contribution in [3.05, 3.63) is 97.1 Å². The molecule has 0 bridgehead atoms. The van der Waals surface area contributed by atoms with Crippen LogP contribution in [0.25, 0.3) is 28.0 Å². The Morgan fingerprint density at radius 3 is 2.37 bits per heavy atom.